The average molecular weight is 130 g/mol. The molecule has 1 aliphatic rings. The molecule has 2 N–H and O–H groups in total. The first-order valence-electron chi connectivity index (χ1n) is 2.84. The van der Waals surface area contributed by atoms with Gasteiger partial charge in [0, 0.05) is 7.05 Å². The van der Waals surface area contributed by atoms with Crippen molar-refractivity contribution in [3.63, 3.8) is 0 Å². The van der Waals surface area contributed by atoms with E-state index in [9.17, 15) is 4.79 Å². The van der Waals surface area contributed by atoms with Crippen molar-refractivity contribution in [1.29, 1.82) is 0 Å². The summed E-state index contributed by atoms with van der Waals surface area (Å²) < 4.78 is 0. The number of hydrogen-bond acceptors (Lipinski definition) is 2. The molecule has 0 unspecified atom stereocenters. The summed E-state index contributed by atoms with van der Waals surface area (Å²) in [5, 5.41) is 11.6. The molecule has 2 amide bonds. The van der Waals surface area contributed by atoms with E-state index in [4.69, 9.17) is 5.11 Å². The predicted molar refractivity (Wildman–Crippen MR) is 31.8 cm³/mol. The Morgan fingerprint density at radius 3 is 2.44 bits per heavy atom. The third-order valence-electron chi connectivity index (χ3n) is 1.52. The van der Waals surface area contributed by atoms with Crippen molar-refractivity contribution in [2.24, 2.45) is 0 Å². The van der Waals surface area contributed by atoms with Crippen LogP contribution in [0.25, 0.3) is 0 Å². The predicted octanol–water partition coefficient (Wildman–Crippen LogP) is -0.652. The van der Waals surface area contributed by atoms with E-state index >= 15 is 0 Å². The van der Waals surface area contributed by atoms with Gasteiger partial charge in [0.15, 0.2) is 6.23 Å². The van der Waals surface area contributed by atoms with Crippen LogP contribution in [-0.4, -0.2) is 35.4 Å². The highest BCUT2D eigenvalue weighted by Gasteiger charge is 2.31. The molecule has 52 valence electrons. The SMILES string of the molecule is C[C@H]1NC(=O)N(C)[C@@H]1O. The first kappa shape index (κ1) is 6.35. The minimum absolute atomic E-state index is 0.150. The van der Waals surface area contributed by atoms with Crippen LogP contribution in [-0.2, 0) is 0 Å². The van der Waals surface area contributed by atoms with E-state index < -0.39 is 6.23 Å². The molecule has 1 fully saturated rings. The first-order valence-corrected chi connectivity index (χ1v) is 2.84. The summed E-state index contributed by atoms with van der Waals surface area (Å²) in [5.41, 5.74) is 0. The van der Waals surface area contributed by atoms with Crippen LogP contribution in [0, 0.1) is 0 Å². The van der Waals surface area contributed by atoms with Gasteiger partial charge in [0.05, 0.1) is 6.04 Å². The normalized spacial score (nSPS) is 35.0. The van der Waals surface area contributed by atoms with Gasteiger partial charge >= 0.3 is 6.03 Å². The van der Waals surface area contributed by atoms with Gasteiger partial charge in [0.1, 0.15) is 0 Å². The Balaban J connectivity index is 2.65. The molecule has 0 aliphatic carbocycles. The number of amides is 2. The zero-order chi connectivity index (χ0) is 7.02. The minimum Gasteiger partial charge on any atom is -0.371 e. The lowest BCUT2D eigenvalue weighted by atomic mass is 10.3. The van der Waals surface area contributed by atoms with Crippen LogP contribution in [0.4, 0.5) is 4.79 Å². The molecule has 0 aromatic heterocycles. The minimum atomic E-state index is -0.669. The molecule has 1 heterocycles. The number of hydrogen-bond donors (Lipinski definition) is 2. The number of nitrogens with one attached hydrogen (secondary N) is 1. The van der Waals surface area contributed by atoms with Crippen molar-refractivity contribution >= 4 is 6.03 Å². The third kappa shape index (κ3) is 0.853. The fraction of sp³-hybridized carbons (Fsp3) is 0.800. The summed E-state index contributed by atoms with van der Waals surface area (Å²) in [7, 11) is 1.56. The van der Waals surface area contributed by atoms with Crippen molar-refractivity contribution in [2.45, 2.75) is 19.2 Å². The summed E-state index contributed by atoms with van der Waals surface area (Å²) in [6, 6.07) is -0.363. The molecule has 0 aromatic rings. The van der Waals surface area contributed by atoms with E-state index in [-0.39, 0.29) is 12.1 Å². The lowest BCUT2D eigenvalue weighted by Gasteiger charge is -2.12. The second kappa shape index (κ2) is 1.88. The molecule has 9 heavy (non-hydrogen) atoms. The Hall–Kier alpha value is -0.770. The van der Waals surface area contributed by atoms with E-state index in [1.807, 2.05) is 0 Å². The number of nitrogens with zero attached hydrogens (tertiary/aromatic N) is 1. The summed E-state index contributed by atoms with van der Waals surface area (Å²) >= 11 is 0. The summed E-state index contributed by atoms with van der Waals surface area (Å²) in [6.45, 7) is 1.76. The van der Waals surface area contributed by atoms with Crippen molar-refractivity contribution in [1.82, 2.24) is 10.2 Å². The smallest absolute Gasteiger partial charge is 0.319 e. The van der Waals surface area contributed by atoms with Gasteiger partial charge in [0.25, 0.3) is 0 Å². The van der Waals surface area contributed by atoms with Gasteiger partial charge in [-0.15, -0.1) is 0 Å². The average Bonchev–Trinajstić information content (AvgIpc) is 1.98. The van der Waals surface area contributed by atoms with Crippen LogP contribution in [0.1, 0.15) is 6.92 Å². The lowest BCUT2D eigenvalue weighted by Crippen LogP contribution is -2.31. The monoisotopic (exact) mass is 130 g/mol. The van der Waals surface area contributed by atoms with Gasteiger partial charge in [-0.2, -0.15) is 0 Å². The Labute approximate surface area is 53.5 Å². The van der Waals surface area contributed by atoms with Gasteiger partial charge in [-0.1, -0.05) is 0 Å². The highest BCUT2D eigenvalue weighted by atomic mass is 16.3. The topological polar surface area (TPSA) is 52.6 Å². The molecule has 4 nitrogen and oxygen atoms in total. The Kier molecular flexibility index (Phi) is 1.32. The van der Waals surface area contributed by atoms with Crippen LogP contribution in [0.2, 0.25) is 0 Å². The number of aliphatic hydroxyl groups is 1. The Morgan fingerprint density at radius 1 is 1.78 bits per heavy atom. The van der Waals surface area contributed by atoms with Gasteiger partial charge in [-0.25, -0.2) is 4.79 Å². The summed E-state index contributed by atoms with van der Waals surface area (Å²) in [6.07, 6.45) is -0.669. The van der Waals surface area contributed by atoms with Crippen LogP contribution in [0.15, 0.2) is 0 Å². The summed E-state index contributed by atoms with van der Waals surface area (Å²) in [4.78, 5) is 11.9. The highest BCUT2D eigenvalue weighted by Crippen LogP contribution is 2.06. The van der Waals surface area contributed by atoms with E-state index in [2.05, 4.69) is 5.32 Å². The standard InChI is InChI=1S/C5H10N2O2/c1-3-4(8)7(2)5(9)6-3/h3-4,8H,1-2H3,(H,6,9)/t3-,4-/m1/s1. The third-order valence-corrected chi connectivity index (χ3v) is 1.52. The molecule has 2 atom stereocenters. The zero-order valence-corrected chi connectivity index (χ0v) is 5.46. The van der Waals surface area contributed by atoms with Crippen molar-refractivity contribution in [3.8, 4) is 0 Å². The quantitative estimate of drug-likeness (QED) is 0.457. The van der Waals surface area contributed by atoms with Crippen molar-refractivity contribution in [3.05, 3.63) is 0 Å². The van der Waals surface area contributed by atoms with Crippen molar-refractivity contribution < 1.29 is 9.90 Å². The van der Waals surface area contributed by atoms with Crippen LogP contribution >= 0.6 is 0 Å². The molecular weight excluding hydrogens is 120 g/mol. The maximum absolute atomic E-state index is 10.6. The second-order valence-corrected chi connectivity index (χ2v) is 2.26. The molecule has 0 radical (unpaired) electrons. The second-order valence-electron chi connectivity index (χ2n) is 2.26. The maximum atomic E-state index is 10.6. The molecule has 1 saturated heterocycles. The van der Waals surface area contributed by atoms with Gasteiger partial charge in [-0.3, -0.25) is 0 Å². The van der Waals surface area contributed by atoms with E-state index in [1.165, 1.54) is 4.90 Å². The van der Waals surface area contributed by atoms with Gasteiger partial charge < -0.3 is 15.3 Å². The Morgan fingerprint density at radius 2 is 2.33 bits per heavy atom. The number of likely N-dealkylation sites (N-methyl/N-ethyl adjacent to an activating group) is 1. The van der Waals surface area contributed by atoms with E-state index in [0.717, 1.165) is 0 Å². The first-order chi connectivity index (χ1) is 4.13. The number of carbonyl (C=O) groups excluding carboxylic acids is 1. The van der Waals surface area contributed by atoms with E-state index in [0.29, 0.717) is 0 Å². The van der Waals surface area contributed by atoms with Crippen LogP contribution in [0.5, 0.6) is 0 Å². The molecule has 0 spiro atoms. The fourth-order valence-corrected chi connectivity index (χ4v) is 0.827. The molecule has 0 saturated carbocycles. The molecule has 1 rings (SSSR count). The molecule has 4 heteroatoms. The highest BCUT2D eigenvalue weighted by molar-refractivity contribution is 5.76. The summed E-state index contributed by atoms with van der Waals surface area (Å²) in [5.74, 6) is 0. The largest absolute Gasteiger partial charge is 0.371 e. The lowest BCUT2D eigenvalue weighted by molar-refractivity contribution is 0.0606. The molecule has 0 aromatic carbocycles. The van der Waals surface area contributed by atoms with E-state index in [1.54, 1.807) is 14.0 Å². The van der Waals surface area contributed by atoms with Crippen LogP contribution < -0.4 is 5.32 Å². The van der Waals surface area contributed by atoms with Crippen LogP contribution in [0.3, 0.4) is 0 Å². The molecule has 1 aliphatic heterocycles. The fourth-order valence-electron chi connectivity index (χ4n) is 0.827. The zero-order valence-electron chi connectivity index (χ0n) is 5.46. The van der Waals surface area contributed by atoms with Gasteiger partial charge in [0.2, 0.25) is 0 Å². The Bertz CT molecular complexity index is 137. The number of aliphatic hydroxyl groups excluding tert-OH is 1. The van der Waals surface area contributed by atoms with Gasteiger partial charge in [-0.05, 0) is 6.92 Å². The number of rotatable bonds is 0. The maximum Gasteiger partial charge on any atom is 0.319 e. The number of urea groups is 1. The molecule has 0 bridgehead atoms. The number of carbonyl (C=O) groups is 1. The molecular formula is C5H10N2O2. The van der Waals surface area contributed by atoms with Crippen molar-refractivity contribution in [2.75, 3.05) is 7.05 Å².